The summed E-state index contributed by atoms with van der Waals surface area (Å²) in [6.07, 6.45) is 2.26. The predicted molar refractivity (Wildman–Crippen MR) is 142 cm³/mol. The van der Waals surface area contributed by atoms with Crippen LogP contribution in [0.15, 0.2) is 30.6 Å². The molecule has 1 fully saturated rings. The predicted octanol–water partition coefficient (Wildman–Crippen LogP) is 4.84. The zero-order valence-electron chi connectivity index (χ0n) is 19.2. The van der Waals surface area contributed by atoms with Crippen LogP contribution in [0.2, 0.25) is 5.02 Å². The van der Waals surface area contributed by atoms with Gasteiger partial charge in [0.2, 0.25) is 5.91 Å². The van der Waals surface area contributed by atoms with Gasteiger partial charge in [0.15, 0.2) is 0 Å². The van der Waals surface area contributed by atoms with Gasteiger partial charge in [-0.2, -0.15) is 0 Å². The molecule has 1 amide bonds. The number of thioether (sulfide) groups is 1. The molecule has 6 nitrogen and oxygen atoms in total. The average Bonchev–Trinajstić information content (AvgIpc) is 3.13. The quantitative estimate of drug-likeness (QED) is 0.594. The molecule has 2 aliphatic rings. The van der Waals surface area contributed by atoms with E-state index in [-0.39, 0.29) is 36.6 Å². The zero-order chi connectivity index (χ0) is 22.2. The molecule has 2 N–H and O–H groups in total. The van der Waals surface area contributed by atoms with E-state index in [4.69, 9.17) is 17.3 Å². The van der Waals surface area contributed by atoms with E-state index in [1.54, 1.807) is 6.33 Å². The maximum Gasteiger partial charge on any atom is 0.230 e. The molecular weight excluding hydrogens is 501 g/mol. The lowest BCUT2D eigenvalue weighted by Crippen LogP contribution is -2.51. The third-order valence-corrected chi connectivity index (χ3v) is 7.44. The van der Waals surface area contributed by atoms with Gasteiger partial charge in [0, 0.05) is 53.3 Å². The van der Waals surface area contributed by atoms with Gasteiger partial charge in [0.05, 0.1) is 11.6 Å². The molecule has 0 spiro atoms. The van der Waals surface area contributed by atoms with E-state index in [9.17, 15) is 4.79 Å². The van der Waals surface area contributed by atoms with Crippen LogP contribution in [0.1, 0.15) is 55.2 Å². The molecule has 3 heterocycles. The average molecular weight is 533 g/mol. The number of amides is 1. The summed E-state index contributed by atoms with van der Waals surface area (Å²) in [4.78, 5) is 26.9. The van der Waals surface area contributed by atoms with Gasteiger partial charge in [-0.05, 0) is 44.9 Å². The van der Waals surface area contributed by atoms with Crippen LogP contribution in [-0.4, -0.2) is 52.5 Å². The molecule has 0 bridgehead atoms. The molecule has 1 aromatic heterocycles. The molecule has 0 saturated carbocycles. The Bertz CT molecular complexity index is 946. The number of benzene rings is 1. The number of anilines is 1. The monoisotopic (exact) mass is 531 g/mol. The highest BCUT2D eigenvalue weighted by Gasteiger charge is 2.34. The SMILES string of the molecule is C[C@@H]1SCc2ncnc(N3CCN(C(=O)C(CC(C)(C)N)c4ccc(Cl)cc4)CC3)c21.Cl.Cl. The molecule has 2 aliphatic heterocycles. The van der Waals surface area contributed by atoms with Crippen molar-refractivity contribution in [2.45, 2.75) is 49.7 Å². The normalized spacial score (nSPS) is 18.8. The molecule has 10 heteroatoms. The van der Waals surface area contributed by atoms with Crippen molar-refractivity contribution in [3.63, 3.8) is 0 Å². The summed E-state index contributed by atoms with van der Waals surface area (Å²) in [5.74, 6) is 1.84. The second-order valence-electron chi connectivity index (χ2n) is 9.12. The second kappa shape index (κ2) is 11.5. The first-order chi connectivity index (χ1) is 14.7. The minimum atomic E-state index is -0.447. The van der Waals surface area contributed by atoms with Crippen LogP contribution >= 0.6 is 48.2 Å². The van der Waals surface area contributed by atoms with Crippen LogP contribution in [-0.2, 0) is 10.5 Å². The number of aromatic nitrogens is 2. The van der Waals surface area contributed by atoms with Crippen molar-refractivity contribution < 1.29 is 4.79 Å². The van der Waals surface area contributed by atoms with Gasteiger partial charge in [0.25, 0.3) is 0 Å². The van der Waals surface area contributed by atoms with E-state index in [0.29, 0.717) is 29.8 Å². The second-order valence-corrected chi connectivity index (χ2v) is 10.9. The van der Waals surface area contributed by atoms with Crippen LogP contribution < -0.4 is 10.6 Å². The number of hydrogen-bond donors (Lipinski definition) is 1. The fraction of sp³-hybridized carbons (Fsp3) is 0.522. The summed E-state index contributed by atoms with van der Waals surface area (Å²) in [6, 6.07) is 7.56. The lowest BCUT2D eigenvalue weighted by atomic mass is 9.85. The summed E-state index contributed by atoms with van der Waals surface area (Å²) in [6.45, 7) is 9.04. The van der Waals surface area contributed by atoms with Crippen molar-refractivity contribution in [1.82, 2.24) is 14.9 Å². The molecule has 2 aromatic rings. The van der Waals surface area contributed by atoms with Crippen molar-refractivity contribution in [2.75, 3.05) is 31.1 Å². The van der Waals surface area contributed by atoms with Gasteiger partial charge in [0.1, 0.15) is 12.1 Å². The number of carbonyl (C=O) groups excluding carboxylic acids is 1. The molecule has 182 valence electrons. The lowest BCUT2D eigenvalue weighted by Gasteiger charge is -2.38. The molecule has 4 rings (SSSR count). The fourth-order valence-corrected chi connectivity index (χ4v) is 5.59. The number of piperazine rings is 1. The molecule has 0 radical (unpaired) electrons. The molecule has 1 saturated heterocycles. The third-order valence-electron chi connectivity index (χ3n) is 6.01. The van der Waals surface area contributed by atoms with Gasteiger partial charge >= 0.3 is 0 Å². The van der Waals surface area contributed by atoms with Crippen molar-refractivity contribution in [2.24, 2.45) is 5.73 Å². The first kappa shape index (κ1) is 28.0. The Morgan fingerprint density at radius 1 is 1.18 bits per heavy atom. The molecule has 1 unspecified atom stereocenters. The van der Waals surface area contributed by atoms with E-state index in [1.165, 1.54) is 5.56 Å². The Kier molecular flexibility index (Phi) is 9.71. The number of nitrogens with zero attached hydrogens (tertiary/aromatic N) is 4. The number of halogens is 3. The smallest absolute Gasteiger partial charge is 0.230 e. The summed E-state index contributed by atoms with van der Waals surface area (Å²) in [7, 11) is 0. The number of fused-ring (bicyclic) bond motifs is 1. The van der Waals surface area contributed by atoms with Gasteiger partial charge in [-0.1, -0.05) is 23.7 Å². The number of carbonyl (C=O) groups is 1. The number of nitrogens with two attached hydrogens (primary N) is 1. The van der Waals surface area contributed by atoms with Crippen LogP contribution in [0.4, 0.5) is 5.82 Å². The fourth-order valence-electron chi connectivity index (χ4n) is 4.42. The summed E-state index contributed by atoms with van der Waals surface area (Å²) >= 11 is 7.97. The Labute approximate surface area is 217 Å². The standard InChI is InChI=1S/C23H30ClN5OS.2ClH/c1-15-20-19(13-31-15)26-14-27-21(20)28-8-10-29(11-9-28)22(30)18(12-23(2,3)25)16-4-6-17(24)7-5-16;;/h4-7,14-15,18H,8-13,25H2,1-3H3;2*1H/t15-,18?;;/m0../s1. The molecule has 1 aromatic carbocycles. The van der Waals surface area contributed by atoms with Gasteiger partial charge in [-0.15, -0.1) is 36.6 Å². The molecular formula is C23H32Cl3N5OS. The third kappa shape index (κ3) is 6.45. The van der Waals surface area contributed by atoms with E-state index >= 15 is 0 Å². The van der Waals surface area contributed by atoms with Gasteiger partial charge in [-0.3, -0.25) is 4.79 Å². The Morgan fingerprint density at radius 2 is 1.82 bits per heavy atom. The highest BCUT2D eigenvalue weighted by molar-refractivity contribution is 7.99. The van der Waals surface area contributed by atoms with Crippen molar-refractivity contribution in [1.29, 1.82) is 0 Å². The molecule has 0 aliphatic carbocycles. The summed E-state index contributed by atoms with van der Waals surface area (Å²) < 4.78 is 0. The Balaban J connectivity index is 0.00000193. The summed E-state index contributed by atoms with van der Waals surface area (Å²) in [5.41, 5.74) is 9.24. The van der Waals surface area contributed by atoms with Crippen molar-refractivity contribution >= 4 is 59.9 Å². The van der Waals surface area contributed by atoms with E-state index in [1.807, 2.05) is 54.8 Å². The number of rotatable bonds is 5. The molecule has 33 heavy (non-hydrogen) atoms. The van der Waals surface area contributed by atoms with E-state index in [0.717, 1.165) is 35.9 Å². The topological polar surface area (TPSA) is 75.4 Å². The van der Waals surface area contributed by atoms with Crippen LogP contribution in [0.3, 0.4) is 0 Å². The highest BCUT2D eigenvalue weighted by atomic mass is 35.5. The Hall–Kier alpha value is -1.25. The highest BCUT2D eigenvalue weighted by Crippen LogP contribution is 2.44. The van der Waals surface area contributed by atoms with Crippen LogP contribution in [0.25, 0.3) is 0 Å². The Morgan fingerprint density at radius 3 is 2.42 bits per heavy atom. The zero-order valence-corrected chi connectivity index (χ0v) is 22.4. The van der Waals surface area contributed by atoms with E-state index < -0.39 is 5.54 Å². The van der Waals surface area contributed by atoms with Crippen LogP contribution in [0, 0.1) is 0 Å². The maximum atomic E-state index is 13.5. The van der Waals surface area contributed by atoms with Crippen molar-refractivity contribution in [3.05, 3.63) is 52.4 Å². The first-order valence-corrected chi connectivity index (χ1v) is 12.2. The lowest BCUT2D eigenvalue weighted by molar-refractivity contribution is -0.133. The van der Waals surface area contributed by atoms with Gasteiger partial charge < -0.3 is 15.5 Å². The molecule has 2 atom stereocenters. The minimum Gasteiger partial charge on any atom is -0.353 e. The first-order valence-electron chi connectivity index (χ1n) is 10.8. The van der Waals surface area contributed by atoms with E-state index in [2.05, 4.69) is 21.8 Å². The minimum absolute atomic E-state index is 0. The van der Waals surface area contributed by atoms with Gasteiger partial charge in [-0.25, -0.2) is 9.97 Å². The largest absolute Gasteiger partial charge is 0.353 e. The van der Waals surface area contributed by atoms with Crippen LogP contribution in [0.5, 0.6) is 0 Å². The maximum absolute atomic E-state index is 13.5. The summed E-state index contributed by atoms with van der Waals surface area (Å²) in [5, 5.41) is 1.08. The van der Waals surface area contributed by atoms with Crippen molar-refractivity contribution in [3.8, 4) is 0 Å². The number of hydrogen-bond acceptors (Lipinski definition) is 6.